The van der Waals surface area contributed by atoms with E-state index in [1.54, 1.807) is 4.52 Å². The van der Waals surface area contributed by atoms with Crippen LogP contribution in [0.3, 0.4) is 0 Å². The first-order valence-electron chi connectivity index (χ1n) is 9.02. The largest absolute Gasteiger partial charge is 0.494 e. The lowest BCUT2D eigenvalue weighted by molar-refractivity contribution is 0.309. The molecule has 6 nitrogen and oxygen atoms in total. The monoisotopic (exact) mass is 379 g/mol. The molecule has 7 heteroatoms. The van der Waals surface area contributed by atoms with Crippen LogP contribution >= 0.6 is 11.3 Å². The van der Waals surface area contributed by atoms with Crippen LogP contribution in [0.4, 0.5) is 10.8 Å². The van der Waals surface area contributed by atoms with E-state index < -0.39 is 0 Å². The van der Waals surface area contributed by atoms with Crippen molar-refractivity contribution < 1.29 is 4.74 Å². The van der Waals surface area contributed by atoms with Gasteiger partial charge in [-0.15, -0.1) is 15.3 Å². The fourth-order valence-electron chi connectivity index (χ4n) is 2.71. The van der Waals surface area contributed by atoms with E-state index in [0.29, 0.717) is 0 Å². The molecule has 0 aliphatic rings. The molecule has 1 N–H and O–H groups in total. The average molecular weight is 379 g/mol. The van der Waals surface area contributed by atoms with Crippen LogP contribution in [0.15, 0.2) is 48.5 Å². The van der Waals surface area contributed by atoms with Crippen molar-refractivity contribution in [3.63, 3.8) is 0 Å². The van der Waals surface area contributed by atoms with E-state index in [1.165, 1.54) is 16.9 Å². The van der Waals surface area contributed by atoms with Gasteiger partial charge in [0.2, 0.25) is 10.1 Å². The van der Waals surface area contributed by atoms with Crippen molar-refractivity contribution >= 4 is 27.1 Å². The predicted molar refractivity (Wildman–Crippen MR) is 109 cm³/mol. The second-order valence-corrected chi connectivity index (χ2v) is 7.25. The summed E-state index contributed by atoms with van der Waals surface area (Å²) in [5.74, 6) is 1.59. The Labute approximate surface area is 161 Å². The first-order valence-corrected chi connectivity index (χ1v) is 9.84. The first kappa shape index (κ1) is 17.5. The van der Waals surface area contributed by atoms with Crippen molar-refractivity contribution in [1.82, 2.24) is 19.8 Å². The number of benzene rings is 2. The van der Waals surface area contributed by atoms with Crippen LogP contribution in [0.5, 0.6) is 5.75 Å². The minimum absolute atomic E-state index is 0.721. The van der Waals surface area contributed by atoms with E-state index in [2.05, 4.69) is 40.5 Å². The van der Waals surface area contributed by atoms with Gasteiger partial charge in [0.25, 0.3) is 0 Å². The van der Waals surface area contributed by atoms with Gasteiger partial charge >= 0.3 is 0 Å². The fourth-order valence-corrected chi connectivity index (χ4v) is 3.46. The summed E-state index contributed by atoms with van der Waals surface area (Å²) >= 11 is 1.48. The quantitative estimate of drug-likeness (QED) is 0.454. The summed E-state index contributed by atoms with van der Waals surface area (Å²) in [4.78, 5) is 0.754. The lowest BCUT2D eigenvalue weighted by atomic mass is 10.2. The maximum atomic E-state index is 5.72. The maximum absolute atomic E-state index is 5.72. The van der Waals surface area contributed by atoms with Crippen LogP contribution in [0.1, 0.15) is 25.3 Å². The van der Waals surface area contributed by atoms with Crippen LogP contribution in [-0.2, 0) is 0 Å². The minimum Gasteiger partial charge on any atom is -0.494 e. The SMILES string of the molecule is CCCCOc1ccc(-c2nnc3sc(Nc4ccccc4C)nn23)cc1. The number of hydrogen-bond donors (Lipinski definition) is 1. The molecule has 0 spiro atoms. The van der Waals surface area contributed by atoms with Crippen molar-refractivity contribution in [3.8, 4) is 17.1 Å². The van der Waals surface area contributed by atoms with Gasteiger partial charge in [0.05, 0.1) is 6.61 Å². The number of anilines is 2. The average Bonchev–Trinajstić information content (AvgIpc) is 3.25. The summed E-state index contributed by atoms with van der Waals surface area (Å²) in [7, 11) is 0. The molecule has 0 amide bonds. The third-order valence-corrected chi connectivity index (χ3v) is 5.07. The van der Waals surface area contributed by atoms with Crippen molar-refractivity contribution in [2.45, 2.75) is 26.7 Å². The summed E-state index contributed by atoms with van der Waals surface area (Å²) in [6.45, 7) is 4.96. The Morgan fingerprint density at radius 1 is 1.07 bits per heavy atom. The van der Waals surface area contributed by atoms with Crippen molar-refractivity contribution in [1.29, 1.82) is 0 Å². The molecule has 2 aromatic carbocycles. The van der Waals surface area contributed by atoms with Crippen LogP contribution in [0.25, 0.3) is 16.3 Å². The number of nitrogens with zero attached hydrogens (tertiary/aromatic N) is 4. The van der Waals surface area contributed by atoms with E-state index in [-0.39, 0.29) is 0 Å². The number of ether oxygens (including phenoxy) is 1. The normalized spacial score (nSPS) is 11.0. The van der Waals surface area contributed by atoms with E-state index in [0.717, 1.165) is 52.4 Å². The van der Waals surface area contributed by atoms with Gasteiger partial charge < -0.3 is 10.1 Å². The second kappa shape index (κ2) is 7.75. The second-order valence-electron chi connectivity index (χ2n) is 6.29. The van der Waals surface area contributed by atoms with Crippen LogP contribution < -0.4 is 10.1 Å². The van der Waals surface area contributed by atoms with Crippen molar-refractivity contribution in [2.24, 2.45) is 0 Å². The zero-order chi connectivity index (χ0) is 18.6. The molecule has 0 radical (unpaired) electrons. The highest BCUT2D eigenvalue weighted by Gasteiger charge is 2.14. The Kier molecular flexibility index (Phi) is 5.02. The molecule has 2 heterocycles. The number of para-hydroxylation sites is 1. The predicted octanol–water partition coefficient (Wildman–Crippen LogP) is 5.08. The molecule has 0 aliphatic heterocycles. The molecule has 4 rings (SSSR count). The van der Waals surface area contributed by atoms with Crippen LogP contribution in [0, 0.1) is 6.92 Å². The van der Waals surface area contributed by atoms with Gasteiger partial charge in [-0.2, -0.15) is 4.52 Å². The molecule has 2 aromatic heterocycles. The minimum atomic E-state index is 0.721. The Hall–Kier alpha value is -2.93. The molecule has 0 unspecified atom stereocenters. The van der Waals surface area contributed by atoms with Crippen molar-refractivity contribution in [3.05, 3.63) is 54.1 Å². The third-order valence-electron chi connectivity index (χ3n) is 4.26. The molecule has 0 atom stereocenters. The molecular weight excluding hydrogens is 358 g/mol. The van der Waals surface area contributed by atoms with E-state index in [9.17, 15) is 0 Å². The number of rotatable bonds is 7. The van der Waals surface area contributed by atoms with E-state index >= 15 is 0 Å². The molecule has 138 valence electrons. The molecule has 0 fully saturated rings. The first-order chi connectivity index (χ1) is 13.2. The summed E-state index contributed by atoms with van der Waals surface area (Å²) < 4.78 is 7.50. The maximum Gasteiger partial charge on any atom is 0.236 e. The number of aromatic nitrogens is 4. The smallest absolute Gasteiger partial charge is 0.236 e. The lowest BCUT2D eigenvalue weighted by Gasteiger charge is -2.06. The zero-order valence-corrected chi connectivity index (χ0v) is 16.2. The Morgan fingerprint density at radius 3 is 2.67 bits per heavy atom. The highest BCUT2D eigenvalue weighted by atomic mass is 32.1. The molecular formula is C20H21N5OS. The molecule has 0 saturated carbocycles. The van der Waals surface area contributed by atoms with Crippen molar-refractivity contribution in [2.75, 3.05) is 11.9 Å². The third kappa shape index (κ3) is 3.78. The molecule has 27 heavy (non-hydrogen) atoms. The van der Waals surface area contributed by atoms with Gasteiger partial charge in [-0.25, -0.2) is 0 Å². The van der Waals surface area contributed by atoms with Gasteiger partial charge in [-0.05, 0) is 49.2 Å². The van der Waals surface area contributed by atoms with Gasteiger partial charge in [0.1, 0.15) is 5.75 Å². The summed E-state index contributed by atoms with van der Waals surface area (Å²) in [6.07, 6.45) is 2.18. The summed E-state index contributed by atoms with van der Waals surface area (Å²) in [5, 5.41) is 17.3. The molecule has 0 aliphatic carbocycles. The Balaban J connectivity index is 1.56. The lowest BCUT2D eigenvalue weighted by Crippen LogP contribution is -1.97. The highest BCUT2D eigenvalue weighted by Crippen LogP contribution is 2.28. The number of hydrogen-bond acceptors (Lipinski definition) is 6. The number of fused-ring (bicyclic) bond motifs is 1. The molecule has 0 bridgehead atoms. The molecule has 0 saturated heterocycles. The number of unbranched alkanes of at least 4 members (excludes halogenated alkanes) is 1. The topological polar surface area (TPSA) is 64.3 Å². The number of aryl methyl sites for hydroxylation is 1. The molecule has 4 aromatic rings. The van der Waals surface area contributed by atoms with Crippen LogP contribution in [-0.4, -0.2) is 26.4 Å². The van der Waals surface area contributed by atoms with Crippen LogP contribution in [0.2, 0.25) is 0 Å². The Bertz CT molecular complexity index is 1040. The summed E-state index contributed by atoms with van der Waals surface area (Å²) in [6, 6.07) is 16.0. The van der Waals surface area contributed by atoms with Gasteiger partial charge in [-0.3, -0.25) is 0 Å². The highest BCUT2D eigenvalue weighted by molar-refractivity contribution is 7.20. The summed E-state index contributed by atoms with van der Waals surface area (Å²) in [5.41, 5.74) is 3.16. The Morgan fingerprint density at radius 2 is 1.89 bits per heavy atom. The number of nitrogens with one attached hydrogen (secondary N) is 1. The van der Waals surface area contributed by atoms with Gasteiger partial charge in [-0.1, -0.05) is 42.9 Å². The van der Waals surface area contributed by atoms with E-state index in [1.807, 2.05) is 42.5 Å². The van der Waals surface area contributed by atoms with Gasteiger partial charge in [0, 0.05) is 11.3 Å². The zero-order valence-electron chi connectivity index (χ0n) is 15.3. The fraction of sp³-hybridized carbons (Fsp3) is 0.250. The standard InChI is InChI=1S/C20H21N5OS/c1-3-4-13-26-16-11-9-15(10-12-16)18-22-23-20-25(18)24-19(27-20)21-17-8-6-5-7-14(17)2/h5-12H,3-4,13H2,1-2H3,(H,21,24). The van der Waals surface area contributed by atoms with E-state index in [4.69, 9.17) is 4.74 Å². The van der Waals surface area contributed by atoms with Gasteiger partial charge in [0.15, 0.2) is 5.82 Å².